The number of aliphatic imine (C=N–C) groups is 1. The summed E-state index contributed by atoms with van der Waals surface area (Å²) in [6.07, 6.45) is 0.0898. The number of aryl methyl sites for hydroxylation is 1. The molecule has 1 N–H and O–H groups in total. The number of fused-ring (bicyclic) bond motifs is 3. The summed E-state index contributed by atoms with van der Waals surface area (Å²) in [6, 6.07) is 19.9. The molecule has 1 aromatic heterocycles. The largest absolute Gasteiger partial charge is 0.497 e. The molecule has 0 saturated carbocycles. The predicted molar refractivity (Wildman–Crippen MR) is 175 cm³/mol. The zero-order valence-electron chi connectivity index (χ0n) is 25.7. The first-order valence-electron chi connectivity index (χ1n) is 14.9. The minimum Gasteiger partial charge on any atom is -0.497 e. The van der Waals surface area contributed by atoms with E-state index in [4.69, 9.17) is 21.3 Å². The van der Waals surface area contributed by atoms with Crippen molar-refractivity contribution in [2.45, 2.75) is 32.5 Å². The summed E-state index contributed by atoms with van der Waals surface area (Å²) in [5.41, 5.74) is 3.79. The van der Waals surface area contributed by atoms with Gasteiger partial charge in [0.2, 0.25) is 14.2 Å². The maximum atomic E-state index is 13.8. The number of ether oxygens (including phenoxy) is 1. The van der Waals surface area contributed by atoms with Crippen LogP contribution in [0.3, 0.4) is 0 Å². The minimum absolute atomic E-state index is 0.0722. The highest BCUT2D eigenvalue weighted by Crippen LogP contribution is 2.35. The smallest absolute Gasteiger partial charge is 0.253 e. The maximum Gasteiger partial charge on any atom is 0.253 e. The molecule has 1 fully saturated rings. The second-order valence-corrected chi connectivity index (χ2v) is 16.0. The Kier molecular flexibility index (Phi) is 8.34. The van der Waals surface area contributed by atoms with Crippen molar-refractivity contribution in [1.82, 2.24) is 24.6 Å². The van der Waals surface area contributed by atoms with Gasteiger partial charge in [0.1, 0.15) is 17.6 Å². The van der Waals surface area contributed by atoms with E-state index in [2.05, 4.69) is 10.2 Å². The van der Waals surface area contributed by atoms with Gasteiger partial charge in [-0.05, 0) is 67.7 Å². The Labute approximate surface area is 268 Å². The first-order valence-corrected chi connectivity index (χ1v) is 18.2. The number of hydrogen-bond donors (Lipinski definition) is 1. The number of carbonyl (C=O) groups is 2. The molecule has 0 unspecified atom stereocenters. The van der Waals surface area contributed by atoms with Gasteiger partial charge in [-0.2, -0.15) is 0 Å². The van der Waals surface area contributed by atoms with E-state index in [1.54, 1.807) is 29.0 Å². The van der Waals surface area contributed by atoms with E-state index in [-0.39, 0.29) is 18.2 Å². The lowest BCUT2D eigenvalue weighted by molar-refractivity contribution is -0.133. The normalized spacial score (nSPS) is 16.4. The Morgan fingerprint density at radius 1 is 0.978 bits per heavy atom. The molecular formula is C33H35ClN6O4Si. The van der Waals surface area contributed by atoms with Crippen LogP contribution in [-0.4, -0.2) is 88.5 Å². The third-order valence-electron chi connectivity index (χ3n) is 8.35. The average Bonchev–Trinajstić information content (AvgIpc) is 3.37. The second-order valence-electron chi connectivity index (χ2n) is 11.8. The van der Waals surface area contributed by atoms with Crippen LogP contribution in [0.25, 0.3) is 5.69 Å². The SMILES string of the molecule is COc1ccc2c(c1)C(c1ccc(Cl)cc1)=N[C@@H](CC(=O)N1CCN(C(=O)c3cccc([Si](C)(C)O)c3)CC1)c1nnc(C)n1-2. The first-order chi connectivity index (χ1) is 21.5. The van der Waals surface area contributed by atoms with E-state index >= 15 is 0 Å². The molecule has 232 valence electrons. The Bertz CT molecular complexity index is 1790. The fourth-order valence-corrected chi connectivity index (χ4v) is 6.98. The molecule has 45 heavy (non-hydrogen) atoms. The third-order valence-corrected chi connectivity index (χ3v) is 10.3. The standard InChI is InChI=1S/C33H35ClN6O4Si/c1-21-36-37-32-28(35-31(22-8-10-24(34)11-9-22)27-19-25(44-2)12-13-29(27)40(21)32)20-30(41)38-14-16-39(17-15-38)33(42)23-6-5-7-26(18-23)45(3,4)43/h5-13,18-19,28,43H,14-17,20H2,1-4H3/t28-/m0/s1. The van der Waals surface area contributed by atoms with E-state index in [0.717, 1.165) is 22.0 Å². The lowest BCUT2D eigenvalue weighted by Gasteiger charge is -2.35. The summed E-state index contributed by atoms with van der Waals surface area (Å²) in [5, 5.41) is 10.3. The number of carbonyl (C=O) groups excluding carboxylic acids is 2. The van der Waals surface area contributed by atoms with Gasteiger partial charge in [-0.15, -0.1) is 10.2 Å². The fraction of sp³-hybridized carbons (Fsp3) is 0.303. The number of amides is 2. The van der Waals surface area contributed by atoms with Crippen LogP contribution in [0.4, 0.5) is 0 Å². The fourth-order valence-electron chi connectivity index (χ4n) is 5.85. The second kappa shape index (κ2) is 12.2. The van der Waals surface area contributed by atoms with Gasteiger partial charge in [-0.1, -0.05) is 35.9 Å². The lowest BCUT2D eigenvalue weighted by Crippen LogP contribution is -2.51. The maximum absolute atomic E-state index is 13.8. The van der Waals surface area contributed by atoms with Crippen molar-refractivity contribution < 1.29 is 19.1 Å². The molecule has 0 aliphatic carbocycles. The Morgan fingerprint density at radius 2 is 1.69 bits per heavy atom. The molecule has 2 aliphatic heterocycles. The monoisotopic (exact) mass is 642 g/mol. The molecule has 3 heterocycles. The molecule has 4 aromatic rings. The summed E-state index contributed by atoms with van der Waals surface area (Å²) >= 11 is 6.21. The number of hydrogen-bond acceptors (Lipinski definition) is 7. The molecule has 2 amide bonds. The Morgan fingerprint density at radius 3 is 2.38 bits per heavy atom. The molecule has 6 rings (SSSR count). The van der Waals surface area contributed by atoms with Crippen molar-refractivity contribution >= 4 is 42.6 Å². The van der Waals surface area contributed by atoms with Crippen molar-refractivity contribution in [3.63, 3.8) is 0 Å². The molecule has 12 heteroatoms. The molecule has 0 radical (unpaired) electrons. The van der Waals surface area contributed by atoms with Crippen LogP contribution in [0, 0.1) is 6.92 Å². The van der Waals surface area contributed by atoms with Crippen LogP contribution in [0.15, 0.2) is 71.7 Å². The van der Waals surface area contributed by atoms with Crippen LogP contribution in [0.1, 0.15) is 45.6 Å². The first kappa shape index (κ1) is 30.7. The Balaban J connectivity index is 1.25. The molecule has 10 nitrogen and oxygen atoms in total. The van der Waals surface area contributed by atoms with E-state index in [9.17, 15) is 14.4 Å². The highest BCUT2D eigenvalue weighted by atomic mass is 35.5. The molecule has 0 spiro atoms. The molecule has 0 bridgehead atoms. The summed E-state index contributed by atoms with van der Waals surface area (Å²) in [7, 11) is -0.926. The molecule has 1 saturated heterocycles. The van der Waals surface area contributed by atoms with E-state index in [1.807, 2.05) is 79.2 Å². The molecule has 1 atom stereocenters. The van der Waals surface area contributed by atoms with Crippen LogP contribution in [0.2, 0.25) is 18.1 Å². The van der Waals surface area contributed by atoms with E-state index in [0.29, 0.717) is 59.9 Å². The summed E-state index contributed by atoms with van der Waals surface area (Å²) in [4.78, 5) is 46.3. The third kappa shape index (κ3) is 6.15. The zero-order chi connectivity index (χ0) is 31.9. The van der Waals surface area contributed by atoms with Gasteiger partial charge >= 0.3 is 0 Å². The average molecular weight is 643 g/mol. The van der Waals surface area contributed by atoms with Crippen LogP contribution < -0.4 is 9.92 Å². The molecular weight excluding hydrogens is 608 g/mol. The van der Waals surface area contributed by atoms with Gasteiger partial charge in [-0.3, -0.25) is 19.1 Å². The van der Waals surface area contributed by atoms with Gasteiger partial charge in [0.15, 0.2) is 5.82 Å². The zero-order valence-corrected chi connectivity index (χ0v) is 27.5. The van der Waals surface area contributed by atoms with Crippen molar-refractivity contribution in [3.05, 3.63) is 100 Å². The quantitative estimate of drug-likeness (QED) is 0.319. The lowest BCUT2D eigenvalue weighted by atomic mass is 10.00. The molecule has 2 aliphatic rings. The van der Waals surface area contributed by atoms with E-state index < -0.39 is 14.4 Å². The van der Waals surface area contributed by atoms with Crippen molar-refractivity contribution in [3.8, 4) is 11.4 Å². The van der Waals surface area contributed by atoms with E-state index in [1.165, 1.54) is 0 Å². The topological polar surface area (TPSA) is 113 Å². The van der Waals surface area contributed by atoms with Crippen molar-refractivity contribution in [1.29, 1.82) is 0 Å². The van der Waals surface area contributed by atoms with Gasteiger partial charge in [0.05, 0.1) is 24.9 Å². The number of halogens is 1. The predicted octanol–water partition coefficient (Wildman–Crippen LogP) is 3.91. The van der Waals surface area contributed by atoms with Gasteiger partial charge < -0.3 is 19.3 Å². The number of rotatable bonds is 6. The number of piperazine rings is 1. The number of nitrogens with zero attached hydrogens (tertiary/aromatic N) is 6. The van der Waals surface area contributed by atoms with Crippen molar-refractivity contribution in [2.24, 2.45) is 4.99 Å². The number of methoxy groups -OCH3 is 1. The van der Waals surface area contributed by atoms with Crippen LogP contribution in [-0.2, 0) is 4.79 Å². The highest BCUT2D eigenvalue weighted by Gasteiger charge is 2.33. The van der Waals surface area contributed by atoms with Crippen LogP contribution in [0.5, 0.6) is 5.75 Å². The highest BCUT2D eigenvalue weighted by molar-refractivity contribution is 6.83. The number of aromatic nitrogens is 3. The Hall–Kier alpha value is -4.32. The summed E-state index contributed by atoms with van der Waals surface area (Å²) in [5.74, 6) is 1.78. The van der Waals surface area contributed by atoms with Gasteiger partial charge in [0.25, 0.3) is 5.91 Å². The van der Waals surface area contributed by atoms with Crippen molar-refractivity contribution in [2.75, 3.05) is 33.3 Å². The van der Waals surface area contributed by atoms with Crippen LogP contribution >= 0.6 is 11.6 Å². The number of benzene rings is 3. The summed E-state index contributed by atoms with van der Waals surface area (Å²) < 4.78 is 7.51. The van der Waals surface area contributed by atoms with Gasteiger partial charge in [0, 0.05) is 47.9 Å². The molecule has 3 aromatic carbocycles. The minimum atomic E-state index is -2.55. The summed E-state index contributed by atoms with van der Waals surface area (Å²) in [6.45, 7) is 7.20. The van der Waals surface area contributed by atoms with Gasteiger partial charge in [-0.25, -0.2) is 0 Å².